The molecule has 1 aromatic rings. The Bertz CT molecular complexity index is 524. The van der Waals surface area contributed by atoms with Crippen molar-refractivity contribution in [3.05, 3.63) is 33.8 Å². The SMILES string of the molecule is Cc1cc([C@H](C[S@](=O)C(C)(C)C)C(F)(F)F)cc(C)c1Cl. The normalized spacial score (nSPS) is 15.9. The third kappa shape index (κ3) is 4.71. The molecule has 0 heterocycles. The molecule has 0 aliphatic heterocycles. The highest BCUT2D eigenvalue weighted by molar-refractivity contribution is 7.86. The average molecular weight is 341 g/mol. The van der Waals surface area contributed by atoms with Crippen molar-refractivity contribution in [3.8, 4) is 0 Å². The second-order valence-electron chi connectivity index (χ2n) is 6.19. The lowest BCUT2D eigenvalue weighted by Crippen LogP contribution is -2.32. The van der Waals surface area contributed by atoms with Gasteiger partial charge in [0.2, 0.25) is 0 Å². The minimum absolute atomic E-state index is 0.125. The topological polar surface area (TPSA) is 17.1 Å². The average Bonchev–Trinajstić information content (AvgIpc) is 2.29. The van der Waals surface area contributed by atoms with E-state index in [0.717, 1.165) is 0 Å². The lowest BCUT2D eigenvalue weighted by Gasteiger charge is -2.25. The van der Waals surface area contributed by atoms with Crippen LogP contribution in [-0.4, -0.2) is 20.9 Å². The first-order valence-electron chi connectivity index (χ1n) is 6.56. The first-order valence-corrected chi connectivity index (χ1v) is 8.25. The highest BCUT2D eigenvalue weighted by Crippen LogP contribution is 2.38. The summed E-state index contributed by atoms with van der Waals surface area (Å²) in [4.78, 5) is 0. The summed E-state index contributed by atoms with van der Waals surface area (Å²) in [6, 6.07) is 2.88. The van der Waals surface area contributed by atoms with Crippen LogP contribution in [0.15, 0.2) is 12.1 Å². The number of rotatable bonds is 3. The van der Waals surface area contributed by atoms with Gasteiger partial charge in [0.1, 0.15) is 0 Å². The summed E-state index contributed by atoms with van der Waals surface area (Å²) < 4.78 is 51.5. The van der Waals surface area contributed by atoms with E-state index in [1.807, 2.05) is 0 Å². The molecule has 1 aromatic carbocycles. The number of benzene rings is 1. The fourth-order valence-electron chi connectivity index (χ4n) is 1.96. The van der Waals surface area contributed by atoms with Gasteiger partial charge in [0.15, 0.2) is 0 Å². The van der Waals surface area contributed by atoms with Gasteiger partial charge in [0.05, 0.1) is 5.92 Å². The highest BCUT2D eigenvalue weighted by atomic mass is 35.5. The van der Waals surface area contributed by atoms with Gasteiger partial charge in [-0.1, -0.05) is 23.7 Å². The van der Waals surface area contributed by atoms with Crippen LogP contribution in [0.1, 0.15) is 43.4 Å². The second kappa shape index (κ2) is 6.29. The first-order chi connectivity index (χ1) is 9.34. The van der Waals surface area contributed by atoms with Crippen LogP contribution in [0.2, 0.25) is 5.02 Å². The van der Waals surface area contributed by atoms with Gasteiger partial charge < -0.3 is 0 Å². The van der Waals surface area contributed by atoms with Crippen LogP contribution in [0.3, 0.4) is 0 Å². The monoisotopic (exact) mass is 340 g/mol. The van der Waals surface area contributed by atoms with Crippen molar-refractivity contribution in [2.75, 3.05) is 5.75 Å². The van der Waals surface area contributed by atoms with E-state index in [0.29, 0.717) is 16.1 Å². The minimum atomic E-state index is -4.44. The van der Waals surface area contributed by atoms with Gasteiger partial charge in [-0.25, -0.2) is 0 Å². The number of halogens is 4. The molecule has 1 nitrogen and oxygen atoms in total. The smallest absolute Gasteiger partial charge is 0.259 e. The third-order valence-corrected chi connectivity index (χ3v) is 5.86. The molecule has 0 radical (unpaired) electrons. The molecular formula is C15H20ClF3OS. The van der Waals surface area contributed by atoms with E-state index < -0.39 is 33.4 Å². The van der Waals surface area contributed by atoms with Crippen LogP contribution >= 0.6 is 11.6 Å². The predicted octanol–water partition coefficient (Wildman–Crippen LogP) is 5.15. The molecule has 0 N–H and O–H groups in total. The Morgan fingerprint density at radius 2 is 1.57 bits per heavy atom. The predicted molar refractivity (Wildman–Crippen MR) is 82.5 cm³/mol. The van der Waals surface area contributed by atoms with Crippen LogP contribution < -0.4 is 0 Å². The van der Waals surface area contributed by atoms with Crippen molar-refractivity contribution in [1.29, 1.82) is 0 Å². The Morgan fingerprint density at radius 1 is 1.14 bits per heavy atom. The minimum Gasteiger partial charge on any atom is -0.259 e. The van der Waals surface area contributed by atoms with Crippen LogP contribution in [-0.2, 0) is 10.8 Å². The molecule has 2 atom stereocenters. The van der Waals surface area contributed by atoms with E-state index in [1.54, 1.807) is 34.6 Å². The van der Waals surface area contributed by atoms with Crippen LogP contribution in [0.5, 0.6) is 0 Å². The molecule has 0 bridgehead atoms. The molecule has 0 amide bonds. The van der Waals surface area contributed by atoms with Gasteiger partial charge in [0, 0.05) is 26.3 Å². The fourth-order valence-corrected chi connectivity index (χ4v) is 3.25. The molecule has 21 heavy (non-hydrogen) atoms. The lowest BCUT2D eigenvalue weighted by molar-refractivity contribution is -0.145. The quantitative estimate of drug-likeness (QED) is 0.743. The molecule has 1 rings (SSSR count). The molecular weight excluding hydrogens is 321 g/mol. The van der Waals surface area contributed by atoms with E-state index in [2.05, 4.69) is 0 Å². The molecule has 0 fully saturated rings. The Kier molecular flexibility index (Phi) is 5.54. The van der Waals surface area contributed by atoms with Crippen LogP contribution in [0.25, 0.3) is 0 Å². The zero-order chi connectivity index (χ0) is 16.6. The number of alkyl halides is 3. The Hall–Kier alpha value is -0.550. The Morgan fingerprint density at radius 3 is 1.90 bits per heavy atom. The van der Waals surface area contributed by atoms with E-state index in [4.69, 9.17) is 11.6 Å². The van der Waals surface area contributed by atoms with Gasteiger partial charge in [-0.2, -0.15) is 13.2 Å². The van der Waals surface area contributed by atoms with Crippen molar-refractivity contribution in [2.24, 2.45) is 0 Å². The van der Waals surface area contributed by atoms with E-state index in [9.17, 15) is 17.4 Å². The molecule has 120 valence electrons. The van der Waals surface area contributed by atoms with Crippen molar-refractivity contribution >= 4 is 22.4 Å². The molecule has 0 unspecified atom stereocenters. The lowest BCUT2D eigenvalue weighted by atomic mass is 9.96. The van der Waals surface area contributed by atoms with Gasteiger partial charge in [-0.15, -0.1) is 0 Å². The van der Waals surface area contributed by atoms with Gasteiger partial charge in [-0.3, -0.25) is 4.21 Å². The zero-order valence-corrected chi connectivity index (χ0v) is 14.3. The maximum atomic E-state index is 13.4. The summed E-state index contributed by atoms with van der Waals surface area (Å²) in [6.07, 6.45) is -4.44. The van der Waals surface area contributed by atoms with Crippen molar-refractivity contribution < 1.29 is 17.4 Å². The standard InChI is InChI=1S/C15H20ClF3OS/c1-9-6-11(7-10(2)13(9)16)12(15(17,18)19)8-21(20)14(3,4)5/h6-7,12H,8H2,1-5H3/t12-,21-/m0/s1. The Balaban J connectivity index is 3.25. The molecule has 0 saturated heterocycles. The molecule has 0 aromatic heterocycles. The van der Waals surface area contributed by atoms with Crippen molar-refractivity contribution in [2.45, 2.75) is 51.5 Å². The van der Waals surface area contributed by atoms with Crippen LogP contribution in [0, 0.1) is 13.8 Å². The van der Waals surface area contributed by atoms with Crippen molar-refractivity contribution in [3.63, 3.8) is 0 Å². The molecule has 6 heteroatoms. The molecule has 0 aliphatic carbocycles. The maximum Gasteiger partial charge on any atom is 0.396 e. The molecule has 0 aliphatic rings. The number of hydrogen-bond acceptors (Lipinski definition) is 1. The summed E-state index contributed by atoms with van der Waals surface area (Å²) in [7, 11) is -1.59. The van der Waals surface area contributed by atoms with E-state index in [-0.39, 0.29) is 5.56 Å². The van der Waals surface area contributed by atoms with Gasteiger partial charge in [-0.05, 0) is 51.3 Å². The van der Waals surface area contributed by atoms with Gasteiger partial charge >= 0.3 is 6.18 Å². The number of aryl methyl sites for hydroxylation is 2. The number of hydrogen-bond donors (Lipinski definition) is 0. The third-order valence-electron chi connectivity index (χ3n) is 3.26. The fraction of sp³-hybridized carbons (Fsp3) is 0.600. The van der Waals surface area contributed by atoms with E-state index >= 15 is 0 Å². The maximum absolute atomic E-state index is 13.4. The largest absolute Gasteiger partial charge is 0.396 e. The zero-order valence-electron chi connectivity index (χ0n) is 12.8. The molecule has 0 spiro atoms. The van der Waals surface area contributed by atoms with Gasteiger partial charge in [0.25, 0.3) is 0 Å². The summed E-state index contributed by atoms with van der Waals surface area (Å²) in [5.74, 6) is -2.18. The summed E-state index contributed by atoms with van der Waals surface area (Å²) in [5.41, 5.74) is 1.32. The highest BCUT2D eigenvalue weighted by Gasteiger charge is 2.43. The van der Waals surface area contributed by atoms with Crippen molar-refractivity contribution in [1.82, 2.24) is 0 Å². The summed E-state index contributed by atoms with van der Waals surface area (Å²) in [6.45, 7) is 8.37. The van der Waals surface area contributed by atoms with Crippen LogP contribution in [0.4, 0.5) is 13.2 Å². The summed E-state index contributed by atoms with van der Waals surface area (Å²) in [5, 5.41) is 0.469. The second-order valence-corrected chi connectivity index (χ2v) is 8.81. The Labute approximate surface area is 131 Å². The first kappa shape index (κ1) is 18.5. The van der Waals surface area contributed by atoms with E-state index in [1.165, 1.54) is 12.1 Å². The summed E-state index contributed by atoms with van der Waals surface area (Å²) >= 11 is 6.01. The molecule has 0 saturated carbocycles.